The number of benzene rings is 1. The van der Waals surface area contributed by atoms with E-state index in [1.54, 1.807) is 6.07 Å². The molecule has 1 aromatic heterocycles. The first kappa shape index (κ1) is 18.5. The van der Waals surface area contributed by atoms with Gasteiger partial charge in [-0.2, -0.15) is 0 Å². The lowest BCUT2D eigenvalue weighted by Gasteiger charge is -2.26. The van der Waals surface area contributed by atoms with Crippen molar-refractivity contribution in [3.8, 4) is 0 Å². The van der Waals surface area contributed by atoms with E-state index in [4.69, 9.17) is 0 Å². The van der Waals surface area contributed by atoms with E-state index in [-0.39, 0.29) is 49.2 Å². The van der Waals surface area contributed by atoms with Crippen molar-refractivity contribution in [3.05, 3.63) is 57.8 Å². The number of hydrogen-bond acceptors (Lipinski definition) is 4. The third-order valence-corrected chi connectivity index (χ3v) is 5.67. The molecule has 26 heavy (non-hydrogen) atoms. The van der Waals surface area contributed by atoms with Gasteiger partial charge in [-0.3, -0.25) is 14.4 Å². The highest BCUT2D eigenvalue weighted by Gasteiger charge is 2.21. The van der Waals surface area contributed by atoms with Crippen molar-refractivity contribution in [2.24, 2.45) is 0 Å². The summed E-state index contributed by atoms with van der Waals surface area (Å²) in [6.45, 7) is 0. The van der Waals surface area contributed by atoms with Crippen LogP contribution in [0.1, 0.15) is 65.4 Å². The zero-order chi connectivity index (χ0) is 18.4. The van der Waals surface area contributed by atoms with Gasteiger partial charge in [-0.1, -0.05) is 30.3 Å². The number of Topliss-reactive ketones (excluding diaryl/α,β-unsaturated/α-hetero) is 2. The highest BCUT2D eigenvalue weighted by atomic mass is 32.1. The van der Waals surface area contributed by atoms with Gasteiger partial charge in [0.2, 0.25) is 5.91 Å². The minimum absolute atomic E-state index is 0.00314. The Balaban J connectivity index is 1.42. The van der Waals surface area contributed by atoms with E-state index < -0.39 is 0 Å². The van der Waals surface area contributed by atoms with Gasteiger partial charge in [0.1, 0.15) is 5.78 Å². The van der Waals surface area contributed by atoms with Gasteiger partial charge in [0.05, 0.1) is 10.9 Å². The first-order valence-electron chi connectivity index (χ1n) is 9.09. The molecule has 0 spiro atoms. The molecule has 0 saturated carbocycles. The van der Waals surface area contributed by atoms with Gasteiger partial charge in [0, 0.05) is 25.7 Å². The molecule has 1 N–H and O–H groups in total. The minimum Gasteiger partial charge on any atom is -0.349 e. The van der Waals surface area contributed by atoms with Crippen molar-refractivity contribution in [3.63, 3.8) is 0 Å². The fraction of sp³-hybridized carbons (Fsp3) is 0.381. The Morgan fingerprint density at radius 3 is 2.62 bits per heavy atom. The van der Waals surface area contributed by atoms with Crippen LogP contribution in [0.15, 0.2) is 41.8 Å². The number of carbonyl (C=O) groups is 3. The van der Waals surface area contributed by atoms with Crippen LogP contribution in [0.25, 0.3) is 0 Å². The SMILES string of the molecule is O=C(CCC(=O)N[C@H]1CCCc2ccccc21)CCC(=O)c1cccs1. The fourth-order valence-electron chi connectivity index (χ4n) is 3.36. The number of amides is 1. The molecule has 0 aliphatic heterocycles. The van der Waals surface area contributed by atoms with Crippen LogP contribution in [-0.4, -0.2) is 17.5 Å². The Hall–Kier alpha value is -2.27. The lowest BCUT2D eigenvalue weighted by molar-refractivity contribution is -0.126. The summed E-state index contributed by atoms with van der Waals surface area (Å²) < 4.78 is 0. The molecule has 5 heteroatoms. The third-order valence-electron chi connectivity index (χ3n) is 4.76. The fourth-order valence-corrected chi connectivity index (χ4v) is 4.06. The molecular weight excluding hydrogens is 346 g/mol. The second-order valence-corrected chi connectivity index (χ2v) is 7.60. The van der Waals surface area contributed by atoms with Crippen LogP contribution in [0.2, 0.25) is 0 Å². The number of ketones is 2. The first-order valence-corrected chi connectivity index (χ1v) is 9.97. The summed E-state index contributed by atoms with van der Waals surface area (Å²) in [7, 11) is 0. The maximum atomic E-state index is 12.2. The lowest BCUT2D eigenvalue weighted by Crippen LogP contribution is -2.31. The van der Waals surface area contributed by atoms with Crippen LogP contribution in [0.5, 0.6) is 0 Å². The molecule has 4 nitrogen and oxygen atoms in total. The molecule has 0 radical (unpaired) electrons. The molecule has 1 atom stereocenters. The smallest absolute Gasteiger partial charge is 0.220 e. The van der Waals surface area contributed by atoms with Crippen molar-refractivity contribution in [2.75, 3.05) is 0 Å². The van der Waals surface area contributed by atoms with Crippen LogP contribution in [-0.2, 0) is 16.0 Å². The monoisotopic (exact) mass is 369 g/mol. The number of hydrogen-bond donors (Lipinski definition) is 1. The zero-order valence-electron chi connectivity index (χ0n) is 14.7. The summed E-state index contributed by atoms with van der Waals surface area (Å²) in [5, 5.41) is 4.91. The summed E-state index contributed by atoms with van der Waals surface area (Å²) in [4.78, 5) is 36.8. The third kappa shape index (κ3) is 4.88. The number of carbonyl (C=O) groups excluding carboxylic acids is 3. The molecule has 1 aliphatic carbocycles. The van der Waals surface area contributed by atoms with E-state index in [2.05, 4.69) is 17.4 Å². The molecule has 0 bridgehead atoms. The summed E-state index contributed by atoms with van der Waals surface area (Å²) in [6.07, 6.45) is 3.85. The Kier molecular flexibility index (Phi) is 6.34. The van der Waals surface area contributed by atoms with Gasteiger partial charge in [-0.25, -0.2) is 0 Å². The average molecular weight is 369 g/mol. The number of fused-ring (bicyclic) bond motifs is 1. The Bertz CT molecular complexity index is 782. The van der Waals surface area contributed by atoms with E-state index >= 15 is 0 Å². The highest BCUT2D eigenvalue weighted by Crippen LogP contribution is 2.29. The van der Waals surface area contributed by atoms with Crippen LogP contribution in [0, 0.1) is 0 Å². The van der Waals surface area contributed by atoms with Gasteiger partial charge >= 0.3 is 0 Å². The van der Waals surface area contributed by atoms with Gasteiger partial charge in [0.25, 0.3) is 0 Å². The number of nitrogens with one attached hydrogen (secondary N) is 1. The predicted octanol–water partition coefficient (Wildman–Crippen LogP) is 4.25. The van der Waals surface area contributed by atoms with Crippen molar-refractivity contribution < 1.29 is 14.4 Å². The Labute approximate surface area is 157 Å². The van der Waals surface area contributed by atoms with E-state index in [9.17, 15) is 14.4 Å². The van der Waals surface area contributed by atoms with E-state index in [0.29, 0.717) is 4.88 Å². The van der Waals surface area contributed by atoms with E-state index in [1.165, 1.54) is 22.5 Å². The predicted molar refractivity (Wildman–Crippen MR) is 102 cm³/mol. The van der Waals surface area contributed by atoms with E-state index in [0.717, 1.165) is 19.3 Å². The molecule has 1 amide bonds. The normalized spacial score (nSPS) is 15.9. The quantitative estimate of drug-likeness (QED) is 0.708. The molecule has 3 rings (SSSR count). The second-order valence-electron chi connectivity index (χ2n) is 6.65. The van der Waals surface area contributed by atoms with E-state index in [1.807, 2.05) is 23.6 Å². The van der Waals surface area contributed by atoms with Crippen LogP contribution in [0.4, 0.5) is 0 Å². The summed E-state index contributed by atoms with van der Waals surface area (Å²) in [5.41, 5.74) is 2.49. The standard InChI is InChI=1S/C21H23NO3S/c23-16(10-12-19(24)20-9-4-14-26-20)11-13-21(25)22-18-8-3-6-15-5-1-2-7-17(15)18/h1-2,4-5,7,9,14,18H,3,6,8,10-13H2,(H,22,25)/t18-/m0/s1. The largest absolute Gasteiger partial charge is 0.349 e. The molecule has 1 aromatic carbocycles. The molecule has 0 unspecified atom stereocenters. The summed E-state index contributed by atoms with van der Waals surface area (Å²) in [5.74, 6) is -0.129. The first-order chi connectivity index (χ1) is 12.6. The van der Waals surface area contributed by atoms with Crippen molar-refractivity contribution >= 4 is 28.8 Å². The van der Waals surface area contributed by atoms with Crippen molar-refractivity contribution in [1.29, 1.82) is 0 Å². The number of rotatable bonds is 8. The van der Waals surface area contributed by atoms with Gasteiger partial charge in [-0.15, -0.1) is 11.3 Å². The van der Waals surface area contributed by atoms with Crippen LogP contribution in [0.3, 0.4) is 0 Å². The highest BCUT2D eigenvalue weighted by molar-refractivity contribution is 7.12. The molecule has 0 saturated heterocycles. The van der Waals surface area contributed by atoms with Crippen molar-refractivity contribution in [1.82, 2.24) is 5.32 Å². The molecular formula is C21H23NO3S. The molecule has 2 aromatic rings. The van der Waals surface area contributed by atoms with Crippen LogP contribution < -0.4 is 5.32 Å². The Morgan fingerprint density at radius 2 is 1.81 bits per heavy atom. The van der Waals surface area contributed by atoms with Crippen LogP contribution >= 0.6 is 11.3 Å². The maximum absolute atomic E-state index is 12.2. The molecule has 0 fully saturated rings. The minimum atomic E-state index is -0.0929. The topological polar surface area (TPSA) is 63.2 Å². The lowest BCUT2D eigenvalue weighted by atomic mass is 9.87. The Morgan fingerprint density at radius 1 is 1.00 bits per heavy atom. The maximum Gasteiger partial charge on any atom is 0.220 e. The number of thiophene rings is 1. The van der Waals surface area contributed by atoms with Gasteiger partial charge in [0.15, 0.2) is 5.78 Å². The van der Waals surface area contributed by atoms with Gasteiger partial charge in [-0.05, 0) is 41.8 Å². The average Bonchev–Trinajstić information content (AvgIpc) is 3.19. The molecule has 1 heterocycles. The molecule has 1 aliphatic rings. The second kappa shape index (κ2) is 8.90. The van der Waals surface area contributed by atoms with Gasteiger partial charge < -0.3 is 5.32 Å². The number of aryl methyl sites for hydroxylation is 1. The molecule has 136 valence electrons. The zero-order valence-corrected chi connectivity index (χ0v) is 15.5. The van der Waals surface area contributed by atoms with Crippen molar-refractivity contribution in [2.45, 2.75) is 51.0 Å². The summed E-state index contributed by atoms with van der Waals surface area (Å²) >= 11 is 1.39. The summed E-state index contributed by atoms with van der Waals surface area (Å²) in [6, 6.07) is 11.8.